The van der Waals surface area contributed by atoms with Crippen LogP contribution < -0.4 is 13.7 Å². The number of hydrogen-bond donors (Lipinski definition) is 1. The van der Waals surface area contributed by atoms with Gasteiger partial charge in [-0.25, -0.2) is 0 Å². The maximum atomic E-state index is 12.7. The lowest BCUT2D eigenvalue weighted by Gasteiger charge is -2.16. The predicted molar refractivity (Wildman–Crippen MR) is 119 cm³/mol. The normalized spacial score (nSPS) is 11.6. The smallest absolute Gasteiger partial charge is 0.339 e. The zero-order valence-electron chi connectivity index (χ0n) is 17.5. The number of nitrogens with one attached hydrogen (secondary N) is 1. The lowest BCUT2D eigenvalue weighted by molar-refractivity contribution is -0.114. The van der Waals surface area contributed by atoms with Gasteiger partial charge >= 0.3 is 20.2 Å². The zero-order valence-corrected chi connectivity index (χ0v) is 19.2. The minimum atomic E-state index is -4.26. The summed E-state index contributed by atoms with van der Waals surface area (Å²) < 4.78 is 61.3. The van der Waals surface area contributed by atoms with Crippen LogP contribution in [0.2, 0.25) is 0 Å². The van der Waals surface area contributed by atoms with Crippen LogP contribution in [0.15, 0.2) is 76.5 Å². The maximum Gasteiger partial charge on any atom is 0.339 e. The van der Waals surface area contributed by atoms with Crippen LogP contribution in [0.5, 0.6) is 11.5 Å². The third-order valence-corrected chi connectivity index (χ3v) is 6.80. The van der Waals surface area contributed by atoms with E-state index in [0.717, 1.165) is 11.1 Å². The van der Waals surface area contributed by atoms with Crippen molar-refractivity contribution in [3.05, 3.63) is 77.9 Å². The summed E-state index contributed by atoms with van der Waals surface area (Å²) >= 11 is 0. The molecule has 0 radical (unpaired) electrons. The Kier molecular flexibility index (Phi) is 6.56. The van der Waals surface area contributed by atoms with Crippen molar-refractivity contribution in [2.24, 2.45) is 0 Å². The highest BCUT2D eigenvalue weighted by molar-refractivity contribution is 7.87. The van der Waals surface area contributed by atoms with Gasteiger partial charge in [-0.05, 0) is 50.2 Å². The number of aryl methyl sites for hydroxylation is 2. The van der Waals surface area contributed by atoms with Crippen LogP contribution in [-0.4, -0.2) is 22.7 Å². The summed E-state index contributed by atoms with van der Waals surface area (Å²) in [4.78, 5) is 11.5. The third kappa shape index (κ3) is 5.45. The van der Waals surface area contributed by atoms with Crippen LogP contribution in [0.4, 0.5) is 5.69 Å². The molecule has 0 aliphatic rings. The summed E-state index contributed by atoms with van der Waals surface area (Å²) in [7, 11) is -8.52. The quantitative estimate of drug-likeness (QED) is 0.517. The number of anilines is 1. The summed E-state index contributed by atoms with van der Waals surface area (Å²) in [6.07, 6.45) is 0. The Labute approximate surface area is 187 Å². The molecule has 0 spiro atoms. The summed E-state index contributed by atoms with van der Waals surface area (Å²) in [6, 6.07) is 15.9. The van der Waals surface area contributed by atoms with Gasteiger partial charge in [0.15, 0.2) is 11.5 Å². The molecule has 0 unspecified atom stereocenters. The summed E-state index contributed by atoms with van der Waals surface area (Å²) in [5, 5.41) is 2.39. The molecule has 0 aromatic heterocycles. The molecular formula is C22H21NO7S2. The number of hydrogen-bond acceptors (Lipinski definition) is 7. The molecule has 8 nitrogen and oxygen atoms in total. The van der Waals surface area contributed by atoms with Crippen LogP contribution in [0, 0.1) is 13.8 Å². The van der Waals surface area contributed by atoms with E-state index in [1.165, 1.54) is 49.4 Å². The number of amides is 1. The fraction of sp³-hybridized carbons (Fsp3) is 0.136. The highest BCUT2D eigenvalue weighted by Gasteiger charge is 2.24. The molecule has 0 aliphatic heterocycles. The van der Waals surface area contributed by atoms with Crippen molar-refractivity contribution in [3.8, 4) is 11.5 Å². The monoisotopic (exact) mass is 475 g/mol. The first-order chi connectivity index (χ1) is 15.0. The van der Waals surface area contributed by atoms with Crippen molar-refractivity contribution >= 4 is 31.8 Å². The van der Waals surface area contributed by atoms with E-state index in [2.05, 4.69) is 5.32 Å². The second-order valence-electron chi connectivity index (χ2n) is 7.01. The minimum absolute atomic E-state index is 0.101. The summed E-state index contributed by atoms with van der Waals surface area (Å²) in [5.74, 6) is -1.17. The Balaban J connectivity index is 2.01. The van der Waals surface area contributed by atoms with Gasteiger partial charge in [-0.15, -0.1) is 0 Å². The Morgan fingerprint density at radius 3 is 1.41 bits per heavy atom. The Morgan fingerprint density at radius 2 is 1.06 bits per heavy atom. The van der Waals surface area contributed by atoms with Crippen molar-refractivity contribution in [1.82, 2.24) is 0 Å². The first-order valence-corrected chi connectivity index (χ1v) is 12.2. The van der Waals surface area contributed by atoms with Crippen molar-refractivity contribution in [2.75, 3.05) is 5.32 Å². The van der Waals surface area contributed by atoms with E-state index >= 15 is 0 Å². The summed E-state index contributed by atoms with van der Waals surface area (Å²) in [5.41, 5.74) is 1.49. The average Bonchev–Trinajstić information content (AvgIpc) is 2.70. The Hall–Kier alpha value is -3.37. The van der Waals surface area contributed by atoms with Gasteiger partial charge in [-0.1, -0.05) is 41.5 Å². The van der Waals surface area contributed by atoms with E-state index in [1.807, 2.05) is 0 Å². The van der Waals surface area contributed by atoms with Gasteiger partial charge < -0.3 is 13.7 Å². The van der Waals surface area contributed by atoms with E-state index in [0.29, 0.717) is 0 Å². The van der Waals surface area contributed by atoms with E-state index in [1.54, 1.807) is 38.1 Å². The zero-order chi connectivity index (χ0) is 23.5. The van der Waals surface area contributed by atoms with Crippen LogP contribution >= 0.6 is 0 Å². The number of benzene rings is 3. The molecule has 0 atom stereocenters. The van der Waals surface area contributed by atoms with E-state index in [4.69, 9.17) is 8.37 Å². The maximum absolute atomic E-state index is 12.7. The Bertz CT molecular complexity index is 1250. The van der Waals surface area contributed by atoms with Gasteiger partial charge in [-0.2, -0.15) is 16.8 Å². The summed E-state index contributed by atoms with van der Waals surface area (Å²) in [6.45, 7) is 4.80. The lowest BCUT2D eigenvalue weighted by Crippen LogP contribution is -2.16. The van der Waals surface area contributed by atoms with Crippen LogP contribution in [-0.2, 0) is 25.0 Å². The van der Waals surface area contributed by atoms with Gasteiger partial charge in [0.25, 0.3) is 0 Å². The van der Waals surface area contributed by atoms with Crippen molar-refractivity contribution in [2.45, 2.75) is 30.6 Å². The fourth-order valence-corrected chi connectivity index (χ4v) is 4.57. The van der Waals surface area contributed by atoms with Crippen LogP contribution in [0.25, 0.3) is 0 Å². The van der Waals surface area contributed by atoms with Gasteiger partial charge in [-0.3, -0.25) is 4.79 Å². The average molecular weight is 476 g/mol. The standard InChI is InChI=1S/C22H21NO7S2/c1-15-7-11-18(12-8-15)31(25,26)29-20-5-4-6-21(22(20)23-17(3)24)30-32(27,28)19-13-9-16(2)10-14-19/h4-14H,1-3H3,(H,23,24). The topological polar surface area (TPSA) is 116 Å². The van der Waals surface area contributed by atoms with Gasteiger partial charge in [0, 0.05) is 6.92 Å². The molecule has 0 fully saturated rings. The largest absolute Gasteiger partial charge is 0.377 e. The lowest BCUT2D eigenvalue weighted by atomic mass is 10.2. The van der Waals surface area contributed by atoms with Gasteiger partial charge in [0.05, 0.1) is 0 Å². The van der Waals surface area contributed by atoms with Crippen molar-refractivity contribution in [1.29, 1.82) is 0 Å². The van der Waals surface area contributed by atoms with E-state index < -0.39 is 26.1 Å². The molecule has 1 N–H and O–H groups in total. The second kappa shape index (κ2) is 9.01. The van der Waals surface area contributed by atoms with Crippen molar-refractivity contribution < 1.29 is 30.0 Å². The number of para-hydroxylation sites is 1. The highest BCUT2D eigenvalue weighted by Crippen LogP contribution is 2.37. The molecule has 3 aromatic carbocycles. The second-order valence-corrected chi connectivity index (χ2v) is 10.1. The third-order valence-electron chi connectivity index (χ3n) is 4.31. The van der Waals surface area contributed by atoms with Gasteiger partial charge in [0.2, 0.25) is 5.91 Å². The molecule has 168 valence electrons. The number of carbonyl (C=O) groups is 1. The van der Waals surface area contributed by atoms with Gasteiger partial charge in [0.1, 0.15) is 15.5 Å². The molecular weight excluding hydrogens is 454 g/mol. The first-order valence-electron chi connectivity index (χ1n) is 9.41. The number of rotatable bonds is 7. The van der Waals surface area contributed by atoms with Crippen LogP contribution in [0.1, 0.15) is 18.1 Å². The molecule has 0 saturated carbocycles. The van der Waals surface area contributed by atoms with E-state index in [9.17, 15) is 21.6 Å². The molecule has 0 aliphatic carbocycles. The molecule has 0 saturated heterocycles. The molecule has 3 rings (SSSR count). The highest BCUT2D eigenvalue weighted by atomic mass is 32.2. The Morgan fingerprint density at radius 1 is 0.688 bits per heavy atom. The fourth-order valence-electron chi connectivity index (χ4n) is 2.69. The molecule has 0 heterocycles. The SMILES string of the molecule is CC(=O)Nc1c(OS(=O)(=O)c2ccc(C)cc2)cccc1OS(=O)(=O)c1ccc(C)cc1. The minimum Gasteiger partial charge on any atom is -0.377 e. The molecule has 0 bridgehead atoms. The first kappa shape index (κ1) is 23.3. The number of carbonyl (C=O) groups excluding carboxylic acids is 1. The van der Waals surface area contributed by atoms with E-state index in [-0.39, 0.29) is 27.0 Å². The molecule has 3 aromatic rings. The molecule has 1 amide bonds. The predicted octanol–water partition coefficient (Wildman–Crippen LogP) is 3.80. The molecule has 10 heteroatoms. The molecule has 32 heavy (non-hydrogen) atoms. The van der Waals surface area contributed by atoms with Crippen LogP contribution in [0.3, 0.4) is 0 Å². The van der Waals surface area contributed by atoms with Crippen molar-refractivity contribution in [3.63, 3.8) is 0 Å².